The van der Waals surface area contributed by atoms with Crippen LogP contribution in [-0.2, 0) is 16.4 Å². The van der Waals surface area contributed by atoms with Crippen molar-refractivity contribution in [2.75, 3.05) is 10.8 Å². The van der Waals surface area contributed by atoms with Crippen LogP contribution in [0.4, 0.5) is 5.69 Å². The van der Waals surface area contributed by atoms with E-state index in [4.69, 9.17) is 34.8 Å². The average Bonchev–Trinajstić information content (AvgIpc) is 2.89. The van der Waals surface area contributed by atoms with Gasteiger partial charge < -0.3 is 0 Å². The molecule has 0 radical (unpaired) electrons. The molecule has 0 bridgehead atoms. The molecule has 0 aliphatic carbocycles. The van der Waals surface area contributed by atoms with Crippen molar-refractivity contribution in [1.82, 2.24) is 0 Å². The monoisotopic (exact) mass is 361 g/mol. The van der Waals surface area contributed by atoms with Crippen LogP contribution >= 0.6 is 34.8 Å². The maximum atomic E-state index is 12.8. The van der Waals surface area contributed by atoms with E-state index in [9.17, 15) is 8.42 Å². The standard InChI is InChI=1S/C14H10Cl3NO2S/c15-10-5-6-12(14(17)13(10)16)21(19,20)18-8-7-9-3-1-2-4-11(9)18/h1-6H,7-8H2. The summed E-state index contributed by atoms with van der Waals surface area (Å²) in [5.74, 6) is 0. The van der Waals surface area contributed by atoms with E-state index in [2.05, 4.69) is 0 Å². The van der Waals surface area contributed by atoms with Crippen molar-refractivity contribution in [2.45, 2.75) is 11.3 Å². The summed E-state index contributed by atoms with van der Waals surface area (Å²) in [6, 6.07) is 10.2. The number of nitrogens with zero attached hydrogens (tertiary/aromatic N) is 1. The van der Waals surface area contributed by atoms with E-state index in [0.29, 0.717) is 18.7 Å². The molecule has 0 amide bonds. The second kappa shape index (κ2) is 5.36. The molecule has 21 heavy (non-hydrogen) atoms. The zero-order chi connectivity index (χ0) is 15.2. The molecule has 0 atom stereocenters. The lowest BCUT2D eigenvalue weighted by molar-refractivity contribution is 0.592. The van der Waals surface area contributed by atoms with Crippen LogP contribution in [0, 0.1) is 0 Å². The van der Waals surface area contributed by atoms with Gasteiger partial charge in [0.05, 0.1) is 20.8 Å². The fourth-order valence-corrected chi connectivity index (χ4v) is 4.84. The zero-order valence-electron chi connectivity index (χ0n) is 10.7. The molecular formula is C14H10Cl3NO2S. The van der Waals surface area contributed by atoms with Gasteiger partial charge in [-0.25, -0.2) is 8.42 Å². The zero-order valence-corrected chi connectivity index (χ0v) is 13.8. The molecule has 2 aromatic rings. The largest absolute Gasteiger partial charge is 0.266 e. The Labute approximate surface area is 138 Å². The second-order valence-electron chi connectivity index (χ2n) is 4.63. The highest BCUT2D eigenvalue weighted by Crippen LogP contribution is 2.39. The molecule has 0 spiro atoms. The van der Waals surface area contributed by atoms with E-state index >= 15 is 0 Å². The smallest absolute Gasteiger partial charge is 0.265 e. The van der Waals surface area contributed by atoms with Gasteiger partial charge in [-0.1, -0.05) is 53.0 Å². The number of hydrogen-bond donors (Lipinski definition) is 0. The summed E-state index contributed by atoms with van der Waals surface area (Å²) >= 11 is 17.9. The molecule has 2 aromatic carbocycles. The Balaban J connectivity index is 2.13. The minimum absolute atomic E-state index is 0.0322. The number of benzene rings is 2. The number of sulfonamides is 1. The van der Waals surface area contributed by atoms with Gasteiger partial charge in [0.2, 0.25) is 0 Å². The van der Waals surface area contributed by atoms with Crippen LogP contribution in [-0.4, -0.2) is 15.0 Å². The fraction of sp³-hybridized carbons (Fsp3) is 0.143. The fourth-order valence-electron chi connectivity index (χ4n) is 2.38. The number of fused-ring (bicyclic) bond motifs is 1. The van der Waals surface area contributed by atoms with Crippen molar-refractivity contribution in [3.05, 3.63) is 57.0 Å². The first-order chi connectivity index (χ1) is 9.93. The topological polar surface area (TPSA) is 37.4 Å². The summed E-state index contributed by atoms with van der Waals surface area (Å²) in [5, 5.41) is 0.225. The normalized spacial score (nSPS) is 14.3. The van der Waals surface area contributed by atoms with E-state index in [1.54, 1.807) is 6.07 Å². The van der Waals surface area contributed by atoms with Crippen LogP contribution in [0.3, 0.4) is 0 Å². The maximum Gasteiger partial charge on any atom is 0.265 e. The van der Waals surface area contributed by atoms with Gasteiger partial charge in [0.25, 0.3) is 10.0 Å². The van der Waals surface area contributed by atoms with Crippen LogP contribution in [0.25, 0.3) is 0 Å². The first-order valence-corrected chi connectivity index (χ1v) is 8.74. The van der Waals surface area contributed by atoms with Crippen LogP contribution in [0.15, 0.2) is 41.3 Å². The minimum Gasteiger partial charge on any atom is -0.266 e. The molecule has 0 saturated carbocycles. The Bertz CT molecular complexity index is 821. The van der Waals surface area contributed by atoms with Gasteiger partial charge in [0.15, 0.2) is 0 Å². The predicted octanol–water partition coefficient (Wildman–Crippen LogP) is 4.40. The van der Waals surface area contributed by atoms with Crippen molar-refractivity contribution >= 4 is 50.5 Å². The van der Waals surface area contributed by atoms with Gasteiger partial charge in [-0.05, 0) is 30.2 Å². The van der Waals surface area contributed by atoms with E-state index in [-0.39, 0.29) is 20.0 Å². The lowest BCUT2D eigenvalue weighted by atomic mass is 10.2. The summed E-state index contributed by atoms with van der Waals surface area (Å²) in [7, 11) is -3.76. The number of hydrogen-bond acceptors (Lipinski definition) is 2. The van der Waals surface area contributed by atoms with Gasteiger partial charge in [-0.2, -0.15) is 0 Å². The predicted molar refractivity (Wildman–Crippen MR) is 86.1 cm³/mol. The highest BCUT2D eigenvalue weighted by molar-refractivity contribution is 7.93. The average molecular weight is 363 g/mol. The first kappa shape index (κ1) is 15.0. The molecule has 0 N–H and O–H groups in total. The van der Waals surface area contributed by atoms with E-state index in [1.165, 1.54) is 16.4 Å². The Morgan fingerprint density at radius 2 is 1.67 bits per heavy atom. The minimum atomic E-state index is -3.76. The molecule has 110 valence electrons. The highest BCUT2D eigenvalue weighted by Gasteiger charge is 2.32. The van der Waals surface area contributed by atoms with Crippen molar-refractivity contribution in [1.29, 1.82) is 0 Å². The molecule has 1 aliphatic rings. The maximum absolute atomic E-state index is 12.8. The molecule has 0 unspecified atom stereocenters. The van der Waals surface area contributed by atoms with Gasteiger partial charge in [0.1, 0.15) is 4.90 Å². The third kappa shape index (κ3) is 2.40. The Morgan fingerprint density at radius 3 is 2.43 bits per heavy atom. The van der Waals surface area contributed by atoms with Crippen molar-refractivity contribution in [2.24, 2.45) is 0 Å². The summed E-state index contributed by atoms with van der Waals surface area (Å²) in [5.41, 5.74) is 1.68. The van der Waals surface area contributed by atoms with E-state index < -0.39 is 10.0 Å². The lowest BCUT2D eigenvalue weighted by Crippen LogP contribution is -2.29. The van der Waals surface area contributed by atoms with Crippen LogP contribution in [0.1, 0.15) is 5.56 Å². The first-order valence-electron chi connectivity index (χ1n) is 6.17. The van der Waals surface area contributed by atoms with Crippen molar-refractivity contribution < 1.29 is 8.42 Å². The quantitative estimate of drug-likeness (QED) is 0.743. The molecule has 0 saturated heterocycles. The SMILES string of the molecule is O=S(=O)(c1ccc(Cl)c(Cl)c1Cl)N1CCc2ccccc21. The van der Waals surface area contributed by atoms with Crippen LogP contribution in [0.5, 0.6) is 0 Å². The Morgan fingerprint density at radius 1 is 0.952 bits per heavy atom. The Hall–Kier alpha value is -0.940. The molecule has 0 fully saturated rings. The summed E-state index contributed by atoms with van der Waals surface area (Å²) in [6.45, 7) is 0.387. The molecule has 3 rings (SSSR count). The number of rotatable bonds is 2. The lowest BCUT2D eigenvalue weighted by Gasteiger charge is -2.20. The van der Waals surface area contributed by atoms with E-state index in [1.807, 2.05) is 18.2 Å². The molecule has 1 heterocycles. The third-order valence-electron chi connectivity index (χ3n) is 3.41. The molecule has 7 heteroatoms. The van der Waals surface area contributed by atoms with Gasteiger partial charge in [-0.15, -0.1) is 0 Å². The molecule has 1 aliphatic heterocycles. The van der Waals surface area contributed by atoms with Gasteiger partial charge >= 0.3 is 0 Å². The Kier molecular flexibility index (Phi) is 3.82. The number of anilines is 1. The van der Waals surface area contributed by atoms with Crippen molar-refractivity contribution in [3.8, 4) is 0 Å². The van der Waals surface area contributed by atoms with Gasteiger partial charge in [-0.3, -0.25) is 4.31 Å². The van der Waals surface area contributed by atoms with E-state index in [0.717, 1.165) is 5.56 Å². The van der Waals surface area contributed by atoms with Gasteiger partial charge in [0, 0.05) is 6.54 Å². The highest BCUT2D eigenvalue weighted by atomic mass is 35.5. The molecule has 3 nitrogen and oxygen atoms in total. The molecular weight excluding hydrogens is 353 g/mol. The van der Waals surface area contributed by atoms with Crippen LogP contribution < -0.4 is 4.31 Å². The second-order valence-corrected chi connectivity index (χ2v) is 7.62. The third-order valence-corrected chi connectivity index (χ3v) is 6.67. The van der Waals surface area contributed by atoms with Crippen LogP contribution in [0.2, 0.25) is 15.1 Å². The number of para-hydroxylation sites is 1. The summed E-state index contributed by atoms with van der Waals surface area (Å²) in [4.78, 5) is -0.0322. The number of halogens is 3. The van der Waals surface area contributed by atoms with Crippen molar-refractivity contribution in [3.63, 3.8) is 0 Å². The summed E-state index contributed by atoms with van der Waals surface area (Å²) < 4.78 is 27.0. The molecule has 0 aromatic heterocycles. The summed E-state index contributed by atoms with van der Waals surface area (Å²) in [6.07, 6.45) is 0.675.